The second-order valence-corrected chi connectivity index (χ2v) is 7.52. The summed E-state index contributed by atoms with van der Waals surface area (Å²) in [6.45, 7) is 2.60. The molecule has 1 aromatic heterocycles. The van der Waals surface area contributed by atoms with Crippen LogP contribution in [0.1, 0.15) is 19.3 Å². The van der Waals surface area contributed by atoms with Crippen LogP contribution in [0.25, 0.3) is 0 Å². The summed E-state index contributed by atoms with van der Waals surface area (Å²) in [6, 6.07) is 4.30. The zero-order valence-corrected chi connectivity index (χ0v) is 12.6. The van der Waals surface area contributed by atoms with Crippen LogP contribution in [0.15, 0.2) is 18.3 Å². The van der Waals surface area contributed by atoms with E-state index in [-0.39, 0.29) is 5.75 Å². The van der Waals surface area contributed by atoms with Gasteiger partial charge in [-0.25, -0.2) is 8.42 Å². The van der Waals surface area contributed by atoms with Gasteiger partial charge in [-0.2, -0.15) is 5.10 Å². The van der Waals surface area contributed by atoms with E-state index in [9.17, 15) is 8.42 Å². The number of rotatable bonds is 7. The molecule has 0 unspecified atom stereocenters. The highest BCUT2D eigenvalue weighted by molar-refractivity contribution is 7.90. The van der Waals surface area contributed by atoms with Crippen molar-refractivity contribution in [2.24, 2.45) is 0 Å². The van der Waals surface area contributed by atoms with Crippen LogP contribution in [-0.2, 0) is 9.84 Å². The number of hydrogen-bond acceptors (Lipinski definition) is 6. The highest BCUT2D eigenvalue weighted by Crippen LogP contribution is 2.22. The molecule has 1 aromatic rings. The number of hydrogen-bond donors (Lipinski definition) is 1. The van der Waals surface area contributed by atoms with E-state index >= 15 is 0 Å². The molecule has 7 heteroatoms. The summed E-state index contributed by atoms with van der Waals surface area (Å²) in [5.41, 5.74) is 0. The molecule has 0 saturated carbocycles. The molecule has 2 rings (SSSR count). The van der Waals surface area contributed by atoms with Crippen molar-refractivity contribution in [1.29, 1.82) is 0 Å². The van der Waals surface area contributed by atoms with Gasteiger partial charge in [0, 0.05) is 31.6 Å². The van der Waals surface area contributed by atoms with Crippen LogP contribution in [0, 0.1) is 0 Å². The summed E-state index contributed by atoms with van der Waals surface area (Å²) in [5, 5.41) is 11.4. The molecule has 0 aliphatic carbocycles. The zero-order chi connectivity index (χ0) is 14.4. The Morgan fingerprint density at radius 1 is 1.50 bits per heavy atom. The van der Waals surface area contributed by atoms with Crippen molar-refractivity contribution in [3.05, 3.63) is 18.3 Å². The summed E-state index contributed by atoms with van der Waals surface area (Å²) < 4.78 is 22.1. The first kappa shape index (κ1) is 15.2. The van der Waals surface area contributed by atoms with E-state index in [0.29, 0.717) is 12.5 Å². The lowest BCUT2D eigenvalue weighted by molar-refractivity contribution is 0.562. The number of anilines is 1. The van der Waals surface area contributed by atoms with Crippen LogP contribution >= 0.6 is 0 Å². The normalized spacial score (nSPS) is 19.4. The van der Waals surface area contributed by atoms with E-state index in [4.69, 9.17) is 0 Å². The average Bonchev–Trinajstić information content (AvgIpc) is 2.86. The van der Waals surface area contributed by atoms with Crippen LogP contribution in [0.5, 0.6) is 0 Å². The van der Waals surface area contributed by atoms with Crippen molar-refractivity contribution in [2.45, 2.75) is 25.3 Å². The molecule has 112 valence electrons. The molecule has 6 nitrogen and oxygen atoms in total. The van der Waals surface area contributed by atoms with Crippen LogP contribution in [-0.4, -0.2) is 56.3 Å². The van der Waals surface area contributed by atoms with Crippen molar-refractivity contribution in [1.82, 2.24) is 15.5 Å². The van der Waals surface area contributed by atoms with Crippen LogP contribution in [0.3, 0.4) is 0 Å². The topological polar surface area (TPSA) is 75.2 Å². The van der Waals surface area contributed by atoms with E-state index in [0.717, 1.165) is 38.3 Å². The first-order chi connectivity index (χ1) is 9.56. The van der Waals surface area contributed by atoms with Gasteiger partial charge in [-0.15, -0.1) is 5.10 Å². The highest BCUT2D eigenvalue weighted by atomic mass is 32.2. The summed E-state index contributed by atoms with van der Waals surface area (Å²) >= 11 is 0. The van der Waals surface area contributed by atoms with Crippen LogP contribution in [0.4, 0.5) is 5.82 Å². The van der Waals surface area contributed by atoms with Gasteiger partial charge in [0.05, 0.1) is 5.75 Å². The molecular weight excluding hydrogens is 276 g/mol. The molecular formula is C13H22N4O2S. The minimum atomic E-state index is -2.85. The maximum atomic E-state index is 11.0. The van der Waals surface area contributed by atoms with Gasteiger partial charge in [0.2, 0.25) is 0 Å². The second kappa shape index (κ2) is 6.99. The van der Waals surface area contributed by atoms with E-state index in [1.165, 1.54) is 6.26 Å². The van der Waals surface area contributed by atoms with Crippen molar-refractivity contribution in [3.63, 3.8) is 0 Å². The van der Waals surface area contributed by atoms with E-state index in [1.807, 2.05) is 12.1 Å². The van der Waals surface area contributed by atoms with Gasteiger partial charge in [-0.05, 0) is 37.9 Å². The predicted molar refractivity (Wildman–Crippen MR) is 79.6 cm³/mol. The van der Waals surface area contributed by atoms with Crippen molar-refractivity contribution in [2.75, 3.05) is 36.5 Å². The lowest BCUT2D eigenvalue weighted by Gasteiger charge is -2.25. The first-order valence-corrected chi connectivity index (χ1v) is 9.05. The Labute approximate surface area is 120 Å². The van der Waals surface area contributed by atoms with Gasteiger partial charge in [-0.3, -0.25) is 0 Å². The third kappa shape index (κ3) is 4.72. The minimum absolute atomic E-state index is 0.249. The monoisotopic (exact) mass is 298 g/mol. The van der Waals surface area contributed by atoms with E-state index in [1.54, 1.807) is 6.20 Å². The smallest absolute Gasteiger partial charge is 0.151 e. The summed E-state index contributed by atoms with van der Waals surface area (Å²) in [5.74, 6) is 1.17. The Morgan fingerprint density at radius 3 is 3.05 bits per heavy atom. The number of nitrogens with zero attached hydrogens (tertiary/aromatic N) is 3. The van der Waals surface area contributed by atoms with Crippen LogP contribution in [0.2, 0.25) is 0 Å². The van der Waals surface area contributed by atoms with Gasteiger partial charge in [0.25, 0.3) is 0 Å². The number of nitrogens with one attached hydrogen (secondary N) is 1. The molecule has 20 heavy (non-hydrogen) atoms. The van der Waals surface area contributed by atoms with E-state index in [2.05, 4.69) is 20.4 Å². The Hall–Kier alpha value is -1.21. The SMILES string of the molecule is CS(=O)(=O)CCCNC[C@H]1CCCN1c1cccnn1. The van der Waals surface area contributed by atoms with Gasteiger partial charge < -0.3 is 10.2 Å². The summed E-state index contributed by atoms with van der Waals surface area (Å²) in [6.07, 6.45) is 5.91. The third-order valence-electron chi connectivity index (χ3n) is 3.48. The maximum Gasteiger partial charge on any atom is 0.151 e. The van der Waals surface area contributed by atoms with E-state index < -0.39 is 9.84 Å². The van der Waals surface area contributed by atoms with Crippen molar-refractivity contribution in [3.8, 4) is 0 Å². The number of aromatic nitrogens is 2. The van der Waals surface area contributed by atoms with Gasteiger partial charge in [0.15, 0.2) is 5.82 Å². The molecule has 0 amide bonds. The maximum absolute atomic E-state index is 11.0. The molecule has 1 atom stereocenters. The van der Waals surface area contributed by atoms with Crippen LogP contribution < -0.4 is 10.2 Å². The average molecular weight is 298 g/mol. The van der Waals surface area contributed by atoms with Gasteiger partial charge in [-0.1, -0.05) is 0 Å². The second-order valence-electron chi connectivity index (χ2n) is 5.26. The molecule has 0 radical (unpaired) electrons. The quantitative estimate of drug-likeness (QED) is 0.738. The fraction of sp³-hybridized carbons (Fsp3) is 0.692. The molecule has 1 fully saturated rings. The predicted octanol–water partition coefficient (Wildman–Crippen LogP) is 0.470. The molecule has 0 bridgehead atoms. The Morgan fingerprint density at radius 2 is 2.35 bits per heavy atom. The molecule has 0 aromatic carbocycles. The molecule has 1 saturated heterocycles. The zero-order valence-electron chi connectivity index (χ0n) is 11.8. The number of sulfone groups is 1. The Balaban J connectivity index is 1.75. The fourth-order valence-electron chi connectivity index (χ4n) is 2.52. The summed E-state index contributed by atoms with van der Waals surface area (Å²) in [4.78, 5) is 2.27. The molecule has 0 spiro atoms. The first-order valence-electron chi connectivity index (χ1n) is 6.99. The fourth-order valence-corrected chi connectivity index (χ4v) is 3.19. The van der Waals surface area contributed by atoms with Crippen molar-refractivity contribution >= 4 is 15.7 Å². The largest absolute Gasteiger partial charge is 0.351 e. The van der Waals surface area contributed by atoms with Crippen molar-refractivity contribution < 1.29 is 8.42 Å². The van der Waals surface area contributed by atoms with Gasteiger partial charge in [0.1, 0.15) is 9.84 Å². The Kier molecular flexibility index (Phi) is 5.31. The lowest BCUT2D eigenvalue weighted by atomic mass is 10.2. The Bertz CT molecular complexity index is 506. The molecule has 2 heterocycles. The molecule has 1 aliphatic rings. The lowest BCUT2D eigenvalue weighted by Crippen LogP contribution is -2.39. The standard InChI is InChI=1S/C13H22N4O2S/c1-20(18,19)10-4-7-14-11-12-5-3-9-17(12)13-6-2-8-15-16-13/h2,6,8,12,14H,3-5,7,9-11H2,1H3/t12-/m1/s1. The molecule has 1 N–H and O–H groups in total. The summed E-state index contributed by atoms with van der Waals surface area (Å²) in [7, 11) is -2.85. The van der Waals surface area contributed by atoms with Gasteiger partial charge >= 0.3 is 0 Å². The third-order valence-corrected chi connectivity index (χ3v) is 4.51. The molecule has 1 aliphatic heterocycles. The highest BCUT2D eigenvalue weighted by Gasteiger charge is 2.25. The minimum Gasteiger partial charge on any atom is -0.351 e.